The summed E-state index contributed by atoms with van der Waals surface area (Å²) >= 11 is 5.91. The highest BCUT2D eigenvalue weighted by molar-refractivity contribution is 6.31. The normalized spacial score (nSPS) is 10.5. The van der Waals surface area contributed by atoms with E-state index in [1.807, 2.05) is 19.1 Å². The first-order chi connectivity index (χ1) is 6.63. The van der Waals surface area contributed by atoms with Crippen LogP contribution in [0.1, 0.15) is 12.5 Å². The zero-order chi connectivity index (χ0) is 10.6. The minimum atomic E-state index is -0.146. The van der Waals surface area contributed by atoms with Gasteiger partial charge < -0.3 is 5.32 Å². The summed E-state index contributed by atoms with van der Waals surface area (Å²) in [4.78, 5) is 11.2. The molecule has 0 heterocycles. The van der Waals surface area contributed by atoms with Crippen molar-refractivity contribution in [3.8, 4) is 0 Å². The quantitative estimate of drug-likeness (QED) is 0.745. The number of carbonyl (C=O) groups is 1. The molecule has 0 aromatic heterocycles. The van der Waals surface area contributed by atoms with E-state index >= 15 is 0 Å². The Hall–Kier alpha value is -1.28. The van der Waals surface area contributed by atoms with Crippen LogP contribution < -0.4 is 5.32 Å². The third kappa shape index (κ3) is 2.89. The number of anilines is 1. The largest absolute Gasteiger partial charge is 0.322 e. The molecule has 0 bridgehead atoms. The Morgan fingerprint density at radius 3 is 2.79 bits per heavy atom. The van der Waals surface area contributed by atoms with E-state index in [4.69, 9.17) is 11.6 Å². The van der Waals surface area contributed by atoms with Crippen LogP contribution in [0.25, 0.3) is 0 Å². The number of aryl methyl sites for hydroxylation is 1. The lowest BCUT2D eigenvalue weighted by Crippen LogP contribution is -2.07. The molecule has 0 saturated carbocycles. The maximum Gasteiger partial charge on any atom is 0.248 e. The lowest BCUT2D eigenvalue weighted by molar-refractivity contribution is -0.111. The Morgan fingerprint density at radius 2 is 2.21 bits per heavy atom. The molecule has 0 saturated heterocycles. The Kier molecular flexibility index (Phi) is 3.72. The van der Waals surface area contributed by atoms with Gasteiger partial charge in [-0.1, -0.05) is 23.7 Å². The minimum Gasteiger partial charge on any atom is -0.322 e. The van der Waals surface area contributed by atoms with Gasteiger partial charge in [-0.05, 0) is 37.6 Å². The van der Waals surface area contributed by atoms with Crippen LogP contribution in [0.15, 0.2) is 30.4 Å². The number of hydrogen-bond acceptors (Lipinski definition) is 1. The van der Waals surface area contributed by atoms with Crippen LogP contribution >= 0.6 is 11.6 Å². The van der Waals surface area contributed by atoms with Crippen LogP contribution in [-0.4, -0.2) is 5.91 Å². The Bertz CT molecular complexity index is 372. The summed E-state index contributed by atoms with van der Waals surface area (Å²) in [7, 11) is 0. The fourth-order valence-electron chi connectivity index (χ4n) is 1.01. The van der Waals surface area contributed by atoms with Gasteiger partial charge in [0.15, 0.2) is 0 Å². The molecule has 74 valence electrons. The molecule has 0 radical (unpaired) electrons. The smallest absolute Gasteiger partial charge is 0.248 e. The van der Waals surface area contributed by atoms with E-state index < -0.39 is 0 Å². The molecule has 1 rings (SSSR count). The molecule has 1 aromatic rings. The van der Waals surface area contributed by atoms with Crippen molar-refractivity contribution in [2.75, 3.05) is 5.32 Å². The molecular weight excluding hydrogens is 198 g/mol. The third-order valence-corrected chi connectivity index (χ3v) is 2.16. The number of nitrogens with one attached hydrogen (secondary N) is 1. The first-order valence-electron chi connectivity index (χ1n) is 4.33. The summed E-state index contributed by atoms with van der Waals surface area (Å²) in [6.07, 6.45) is 3.15. The molecule has 1 aromatic carbocycles. The minimum absolute atomic E-state index is 0.146. The maximum atomic E-state index is 11.2. The van der Waals surface area contributed by atoms with Crippen LogP contribution in [0.2, 0.25) is 5.02 Å². The van der Waals surface area contributed by atoms with Crippen molar-refractivity contribution in [2.24, 2.45) is 0 Å². The van der Waals surface area contributed by atoms with E-state index in [9.17, 15) is 4.79 Å². The lowest BCUT2D eigenvalue weighted by Gasteiger charge is -2.03. The predicted molar refractivity (Wildman–Crippen MR) is 59.6 cm³/mol. The van der Waals surface area contributed by atoms with Gasteiger partial charge in [0, 0.05) is 10.7 Å². The van der Waals surface area contributed by atoms with Gasteiger partial charge >= 0.3 is 0 Å². The van der Waals surface area contributed by atoms with Gasteiger partial charge in [0.05, 0.1) is 0 Å². The first kappa shape index (κ1) is 10.8. The van der Waals surface area contributed by atoms with Gasteiger partial charge in [0.2, 0.25) is 5.91 Å². The molecule has 2 nitrogen and oxygen atoms in total. The van der Waals surface area contributed by atoms with Gasteiger partial charge in [0.25, 0.3) is 0 Å². The van der Waals surface area contributed by atoms with Gasteiger partial charge in [-0.2, -0.15) is 0 Å². The van der Waals surface area contributed by atoms with Crippen molar-refractivity contribution in [2.45, 2.75) is 13.8 Å². The molecule has 0 aliphatic heterocycles. The average molecular weight is 210 g/mol. The average Bonchev–Trinajstić information content (AvgIpc) is 2.12. The van der Waals surface area contributed by atoms with Crippen molar-refractivity contribution < 1.29 is 4.79 Å². The molecule has 0 unspecified atom stereocenters. The summed E-state index contributed by atoms with van der Waals surface area (Å²) in [6, 6.07) is 5.43. The van der Waals surface area contributed by atoms with Gasteiger partial charge in [-0.3, -0.25) is 4.79 Å². The number of hydrogen-bond donors (Lipinski definition) is 1. The molecule has 3 heteroatoms. The molecule has 0 spiro atoms. The number of halogens is 1. The second kappa shape index (κ2) is 4.82. The summed E-state index contributed by atoms with van der Waals surface area (Å²) in [5.41, 5.74) is 1.71. The number of carbonyl (C=O) groups excluding carboxylic acids is 1. The topological polar surface area (TPSA) is 29.1 Å². The molecule has 0 atom stereocenters. The summed E-state index contributed by atoms with van der Waals surface area (Å²) in [6.45, 7) is 3.71. The highest BCUT2D eigenvalue weighted by Crippen LogP contribution is 2.19. The predicted octanol–water partition coefficient (Wildman–Crippen LogP) is 3.16. The summed E-state index contributed by atoms with van der Waals surface area (Å²) in [5, 5.41) is 3.36. The molecule has 0 aliphatic rings. The van der Waals surface area contributed by atoms with Gasteiger partial charge in [-0.15, -0.1) is 0 Å². The van der Waals surface area contributed by atoms with Crippen LogP contribution in [-0.2, 0) is 4.79 Å². The van der Waals surface area contributed by atoms with E-state index in [2.05, 4.69) is 5.32 Å². The number of benzene rings is 1. The van der Waals surface area contributed by atoms with Gasteiger partial charge in [0.1, 0.15) is 0 Å². The molecule has 0 aliphatic carbocycles. The van der Waals surface area contributed by atoms with Crippen LogP contribution in [0.3, 0.4) is 0 Å². The molecular formula is C11H12ClNO. The standard InChI is InChI=1S/C11H12ClNO/c1-3-4-11(14)13-9-6-5-8(2)10(12)7-9/h3-7H,1-2H3,(H,13,14)/b4-3+. The monoisotopic (exact) mass is 209 g/mol. The fourth-order valence-corrected chi connectivity index (χ4v) is 1.19. The Morgan fingerprint density at radius 1 is 1.50 bits per heavy atom. The van der Waals surface area contributed by atoms with Crippen molar-refractivity contribution in [1.82, 2.24) is 0 Å². The van der Waals surface area contributed by atoms with E-state index in [1.165, 1.54) is 6.08 Å². The van der Waals surface area contributed by atoms with Crippen molar-refractivity contribution in [3.63, 3.8) is 0 Å². The number of allylic oxidation sites excluding steroid dienone is 1. The lowest BCUT2D eigenvalue weighted by atomic mass is 10.2. The Balaban J connectivity index is 2.78. The highest BCUT2D eigenvalue weighted by Gasteiger charge is 1.99. The summed E-state index contributed by atoms with van der Waals surface area (Å²) in [5.74, 6) is -0.146. The van der Waals surface area contributed by atoms with Crippen LogP contribution in [0.5, 0.6) is 0 Å². The first-order valence-corrected chi connectivity index (χ1v) is 4.71. The van der Waals surface area contributed by atoms with Crippen molar-refractivity contribution >= 4 is 23.2 Å². The molecule has 14 heavy (non-hydrogen) atoms. The molecule has 0 fully saturated rings. The van der Waals surface area contributed by atoms with Gasteiger partial charge in [-0.25, -0.2) is 0 Å². The zero-order valence-corrected chi connectivity index (χ0v) is 8.93. The van der Waals surface area contributed by atoms with E-state index in [1.54, 1.807) is 19.1 Å². The highest BCUT2D eigenvalue weighted by atomic mass is 35.5. The molecule has 1 amide bonds. The number of rotatable bonds is 2. The molecule has 1 N–H and O–H groups in total. The third-order valence-electron chi connectivity index (χ3n) is 1.76. The maximum absolute atomic E-state index is 11.2. The summed E-state index contributed by atoms with van der Waals surface area (Å²) < 4.78 is 0. The number of amides is 1. The second-order valence-corrected chi connectivity index (χ2v) is 3.36. The van der Waals surface area contributed by atoms with Crippen LogP contribution in [0, 0.1) is 6.92 Å². The van der Waals surface area contributed by atoms with Crippen LogP contribution in [0.4, 0.5) is 5.69 Å². The fraction of sp³-hybridized carbons (Fsp3) is 0.182. The van der Waals surface area contributed by atoms with Crippen molar-refractivity contribution in [3.05, 3.63) is 40.9 Å². The van der Waals surface area contributed by atoms with E-state index in [0.29, 0.717) is 10.7 Å². The van der Waals surface area contributed by atoms with E-state index in [0.717, 1.165) is 5.56 Å². The van der Waals surface area contributed by atoms with Crippen molar-refractivity contribution in [1.29, 1.82) is 0 Å². The Labute approximate surface area is 88.6 Å². The SMILES string of the molecule is C/C=C/C(=O)Nc1ccc(C)c(Cl)c1. The second-order valence-electron chi connectivity index (χ2n) is 2.95. The van der Waals surface area contributed by atoms with E-state index in [-0.39, 0.29) is 5.91 Å². The zero-order valence-electron chi connectivity index (χ0n) is 8.17.